The van der Waals surface area contributed by atoms with Crippen molar-refractivity contribution in [3.63, 3.8) is 0 Å². The SMILES string of the molecule is C[Si](C)(C)Oc1cc(OC(F)(F)F)c(F)cc1Br. The van der Waals surface area contributed by atoms with Gasteiger partial charge in [0.15, 0.2) is 11.6 Å². The Balaban J connectivity index is 3.10. The first-order chi connectivity index (χ1) is 7.98. The van der Waals surface area contributed by atoms with Gasteiger partial charge >= 0.3 is 6.36 Å². The number of ether oxygens (including phenoxy) is 1. The summed E-state index contributed by atoms with van der Waals surface area (Å²) in [5, 5.41) is 0. The topological polar surface area (TPSA) is 18.5 Å². The van der Waals surface area contributed by atoms with Crippen LogP contribution in [-0.2, 0) is 0 Å². The largest absolute Gasteiger partial charge is 0.573 e. The molecule has 0 aromatic heterocycles. The number of hydrogen-bond donors (Lipinski definition) is 0. The third-order valence-corrected chi connectivity index (χ3v) is 3.08. The van der Waals surface area contributed by atoms with Crippen LogP contribution in [0, 0.1) is 5.82 Å². The van der Waals surface area contributed by atoms with Gasteiger partial charge in [0, 0.05) is 6.07 Å². The van der Waals surface area contributed by atoms with E-state index in [2.05, 4.69) is 20.7 Å². The van der Waals surface area contributed by atoms with Gasteiger partial charge in [-0.25, -0.2) is 4.39 Å². The highest BCUT2D eigenvalue weighted by molar-refractivity contribution is 9.10. The summed E-state index contributed by atoms with van der Waals surface area (Å²) in [6, 6.07) is 1.78. The lowest BCUT2D eigenvalue weighted by atomic mass is 10.3. The molecule has 0 fully saturated rings. The monoisotopic (exact) mass is 346 g/mol. The fraction of sp³-hybridized carbons (Fsp3) is 0.400. The molecule has 0 aliphatic heterocycles. The van der Waals surface area contributed by atoms with Gasteiger partial charge in [0.05, 0.1) is 4.47 Å². The van der Waals surface area contributed by atoms with Crippen LogP contribution in [0.15, 0.2) is 16.6 Å². The Labute approximate surface area is 111 Å². The van der Waals surface area contributed by atoms with E-state index in [0.717, 1.165) is 12.1 Å². The maximum Gasteiger partial charge on any atom is 0.573 e. The van der Waals surface area contributed by atoms with Crippen molar-refractivity contribution in [3.8, 4) is 11.5 Å². The van der Waals surface area contributed by atoms with Gasteiger partial charge in [0.2, 0.25) is 8.32 Å². The zero-order valence-electron chi connectivity index (χ0n) is 9.86. The molecular weight excluding hydrogens is 336 g/mol. The van der Waals surface area contributed by atoms with Crippen molar-refractivity contribution in [3.05, 3.63) is 22.4 Å². The van der Waals surface area contributed by atoms with Gasteiger partial charge in [-0.15, -0.1) is 13.2 Å². The van der Waals surface area contributed by atoms with E-state index in [9.17, 15) is 17.6 Å². The van der Waals surface area contributed by atoms with Crippen LogP contribution < -0.4 is 9.16 Å². The summed E-state index contributed by atoms with van der Waals surface area (Å²) in [6.45, 7) is 5.56. The molecule has 0 radical (unpaired) electrons. The fourth-order valence-electron chi connectivity index (χ4n) is 1.12. The smallest absolute Gasteiger partial charge is 0.543 e. The summed E-state index contributed by atoms with van der Waals surface area (Å²) in [5.74, 6) is -1.88. The molecule has 0 spiro atoms. The van der Waals surface area contributed by atoms with E-state index in [-0.39, 0.29) is 10.2 Å². The maximum atomic E-state index is 13.3. The van der Waals surface area contributed by atoms with E-state index in [1.165, 1.54) is 0 Å². The lowest BCUT2D eigenvalue weighted by Gasteiger charge is -2.21. The van der Waals surface area contributed by atoms with Gasteiger partial charge in [-0.3, -0.25) is 0 Å². The number of halogens is 5. The van der Waals surface area contributed by atoms with E-state index in [0.29, 0.717) is 0 Å². The van der Waals surface area contributed by atoms with Crippen LogP contribution in [0.2, 0.25) is 19.6 Å². The van der Waals surface area contributed by atoms with Gasteiger partial charge < -0.3 is 9.16 Å². The third-order valence-electron chi connectivity index (χ3n) is 1.63. The Kier molecular flexibility index (Phi) is 4.32. The average molecular weight is 347 g/mol. The molecule has 0 saturated heterocycles. The molecule has 1 aromatic rings. The third kappa shape index (κ3) is 4.85. The second kappa shape index (κ2) is 5.08. The van der Waals surface area contributed by atoms with Gasteiger partial charge in [-0.05, 0) is 41.6 Å². The van der Waals surface area contributed by atoms with Crippen LogP contribution in [0.3, 0.4) is 0 Å². The first kappa shape index (κ1) is 15.3. The molecule has 0 bridgehead atoms. The molecule has 2 nitrogen and oxygen atoms in total. The molecule has 18 heavy (non-hydrogen) atoms. The lowest BCUT2D eigenvalue weighted by molar-refractivity contribution is -0.275. The highest BCUT2D eigenvalue weighted by Crippen LogP contribution is 2.35. The maximum absolute atomic E-state index is 13.3. The van der Waals surface area contributed by atoms with Crippen LogP contribution in [-0.4, -0.2) is 14.7 Å². The zero-order valence-corrected chi connectivity index (χ0v) is 12.4. The van der Waals surface area contributed by atoms with Gasteiger partial charge in [0.25, 0.3) is 0 Å². The minimum atomic E-state index is -4.94. The molecule has 0 atom stereocenters. The van der Waals surface area contributed by atoms with E-state index >= 15 is 0 Å². The van der Waals surface area contributed by atoms with Crippen molar-refractivity contribution < 1.29 is 26.7 Å². The summed E-state index contributed by atoms with van der Waals surface area (Å²) in [5.41, 5.74) is 0. The van der Waals surface area contributed by atoms with Gasteiger partial charge in [0.1, 0.15) is 5.75 Å². The second-order valence-corrected chi connectivity index (χ2v) is 9.76. The molecule has 1 aromatic carbocycles. The summed E-state index contributed by atoms with van der Waals surface area (Å²) in [4.78, 5) is 0. The number of hydrogen-bond acceptors (Lipinski definition) is 2. The number of benzene rings is 1. The van der Waals surface area contributed by atoms with Crippen LogP contribution in [0.25, 0.3) is 0 Å². The quantitative estimate of drug-likeness (QED) is 0.583. The summed E-state index contributed by atoms with van der Waals surface area (Å²) in [6.07, 6.45) is -4.94. The Morgan fingerprint density at radius 3 is 2.11 bits per heavy atom. The minimum Gasteiger partial charge on any atom is -0.543 e. The molecule has 0 aliphatic rings. The van der Waals surface area contributed by atoms with Crippen LogP contribution in [0.5, 0.6) is 11.5 Å². The average Bonchev–Trinajstić information content (AvgIpc) is 2.08. The van der Waals surface area contributed by atoms with E-state index < -0.39 is 26.2 Å². The van der Waals surface area contributed by atoms with Gasteiger partial charge in [-0.1, -0.05) is 0 Å². The molecule has 8 heteroatoms. The van der Waals surface area contributed by atoms with E-state index in [4.69, 9.17) is 4.43 Å². The second-order valence-electron chi connectivity index (χ2n) is 4.48. The van der Waals surface area contributed by atoms with Crippen molar-refractivity contribution in [2.24, 2.45) is 0 Å². The first-order valence-electron chi connectivity index (χ1n) is 4.92. The Hall–Kier alpha value is -0.763. The Morgan fingerprint density at radius 1 is 1.11 bits per heavy atom. The Morgan fingerprint density at radius 2 is 1.67 bits per heavy atom. The van der Waals surface area contributed by atoms with E-state index in [1.807, 2.05) is 19.6 Å². The number of alkyl halides is 3. The normalized spacial score (nSPS) is 12.4. The molecule has 0 amide bonds. The van der Waals surface area contributed by atoms with Crippen LogP contribution in [0.4, 0.5) is 17.6 Å². The van der Waals surface area contributed by atoms with Gasteiger partial charge in [-0.2, -0.15) is 0 Å². The molecule has 0 heterocycles. The molecule has 0 unspecified atom stereocenters. The highest BCUT2D eigenvalue weighted by atomic mass is 79.9. The summed E-state index contributed by atoms with van der Waals surface area (Å²) in [7, 11) is -2.02. The van der Waals surface area contributed by atoms with Crippen molar-refractivity contribution in [2.45, 2.75) is 26.0 Å². The fourth-order valence-corrected chi connectivity index (χ4v) is 2.50. The molecule has 102 valence electrons. The van der Waals surface area contributed by atoms with Crippen LogP contribution >= 0.6 is 15.9 Å². The molecule has 0 N–H and O–H groups in total. The predicted octanol–water partition coefficient (Wildman–Crippen LogP) is 4.70. The standard InChI is InChI=1S/C10H11BrF4O2Si/c1-18(2,3)17-8-5-9(16-10(13,14)15)7(12)4-6(8)11/h4-5H,1-3H3. The van der Waals surface area contributed by atoms with Crippen molar-refractivity contribution in [1.29, 1.82) is 0 Å². The van der Waals surface area contributed by atoms with Crippen LogP contribution in [0.1, 0.15) is 0 Å². The first-order valence-corrected chi connectivity index (χ1v) is 9.12. The summed E-state index contributed by atoms with van der Waals surface area (Å²) >= 11 is 3.03. The number of rotatable bonds is 3. The van der Waals surface area contributed by atoms with E-state index in [1.54, 1.807) is 0 Å². The zero-order chi connectivity index (χ0) is 14.1. The van der Waals surface area contributed by atoms with Crippen molar-refractivity contribution in [2.75, 3.05) is 0 Å². The van der Waals surface area contributed by atoms with Crippen molar-refractivity contribution >= 4 is 24.2 Å². The molecule has 1 rings (SSSR count). The highest BCUT2D eigenvalue weighted by Gasteiger charge is 2.33. The summed E-state index contributed by atoms with van der Waals surface area (Å²) < 4.78 is 58.8. The van der Waals surface area contributed by atoms with Crippen molar-refractivity contribution in [1.82, 2.24) is 0 Å². The minimum absolute atomic E-state index is 0.134. The predicted molar refractivity (Wildman–Crippen MR) is 64.8 cm³/mol. The molecule has 0 aliphatic carbocycles. The lowest BCUT2D eigenvalue weighted by Crippen LogP contribution is -2.29. The molecular formula is C10H11BrF4O2Si. The molecule has 0 saturated carbocycles. The Bertz CT molecular complexity index is 405.